The first-order valence-corrected chi connectivity index (χ1v) is 6.81. The molecule has 0 aromatic carbocycles. The summed E-state index contributed by atoms with van der Waals surface area (Å²) in [4.78, 5) is 16.0. The van der Waals surface area contributed by atoms with E-state index in [9.17, 15) is 4.79 Å². The van der Waals surface area contributed by atoms with Gasteiger partial charge in [-0.3, -0.25) is 9.36 Å². The van der Waals surface area contributed by atoms with Gasteiger partial charge < -0.3 is 0 Å². The van der Waals surface area contributed by atoms with E-state index >= 15 is 0 Å². The number of thiol groups is 1. The summed E-state index contributed by atoms with van der Waals surface area (Å²) in [7, 11) is 0. The fourth-order valence-electron chi connectivity index (χ4n) is 1.43. The van der Waals surface area contributed by atoms with Gasteiger partial charge in [0.2, 0.25) is 0 Å². The summed E-state index contributed by atoms with van der Waals surface area (Å²) < 4.78 is 2.23. The van der Waals surface area contributed by atoms with Crippen LogP contribution in [0.15, 0.2) is 15.6 Å². The molecule has 1 unspecified atom stereocenters. The van der Waals surface area contributed by atoms with E-state index in [4.69, 9.17) is 0 Å². The van der Waals surface area contributed by atoms with Crippen LogP contribution in [0.3, 0.4) is 0 Å². The Labute approximate surface area is 110 Å². The lowest BCUT2D eigenvalue weighted by Crippen LogP contribution is -2.23. The van der Waals surface area contributed by atoms with Crippen LogP contribution < -0.4 is 5.56 Å². The van der Waals surface area contributed by atoms with Gasteiger partial charge in [0.25, 0.3) is 5.56 Å². The summed E-state index contributed by atoms with van der Waals surface area (Å²) in [5.74, 6) is 1.48. The SMILES string of the molecule is Cc1ncn(CCC(C)CCS)c(=O)c1Br. The zero-order valence-electron chi connectivity index (χ0n) is 9.61. The second kappa shape index (κ2) is 6.45. The van der Waals surface area contributed by atoms with E-state index in [2.05, 4.69) is 40.5 Å². The van der Waals surface area contributed by atoms with Crippen LogP contribution in [0.4, 0.5) is 0 Å². The Balaban J connectivity index is 2.68. The van der Waals surface area contributed by atoms with Crippen molar-refractivity contribution >= 4 is 28.6 Å². The molecule has 0 aliphatic carbocycles. The quantitative estimate of drug-likeness (QED) is 0.849. The van der Waals surface area contributed by atoms with Crippen LogP contribution >= 0.6 is 28.6 Å². The summed E-state index contributed by atoms with van der Waals surface area (Å²) in [6.07, 6.45) is 3.69. The van der Waals surface area contributed by atoms with Crippen molar-refractivity contribution in [1.82, 2.24) is 9.55 Å². The van der Waals surface area contributed by atoms with E-state index in [0.29, 0.717) is 10.4 Å². The maximum Gasteiger partial charge on any atom is 0.267 e. The van der Waals surface area contributed by atoms with Gasteiger partial charge in [0.15, 0.2) is 0 Å². The Morgan fingerprint density at radius 3 is 2.88 bits per heavy atom. The molecule has 0 aliphatic heterocycles. The molecule has 0 N–H and O–H groups in total. The van der Waals surface area contributed by atoms with Gasteiger partial charge in [0, 0.05) is 6.54 Å². The smallest absolute Gasteiger partial charge is 0.267 e. The molecule has 1 heterocycles. The Bertz CT molecular complexity index is 405. The normalized spacial score (nSPS) is 12.8. The Morgan fingerprint density at radius 1 is 1.56 bits per heavy atom. The zero-order chi connectivity index (χ0) is 12.1. The highest BCUT2D eigenvalue weighted by atomic mass is 79.9. The first-order chi connectivity index (χ1) is 7.56. The van der Waals surface area contributed by atoms with Crippen molar-refractivity contribution in [3.63, 3.8) is 0 Å². The van der Waals surface area contributed by atoms with E-state index in [1.165, 1.54) is 0 Å². The van der Waals surface area contributed by atoms with Gasteiger partial charge in [-0.15, -0.1) is 0 Å². The van der Waals surface area contributed by atoms with Gasteiger partial charge in [0.05, 0.1) is 12.0 Å². The van der Waals surface area contributed by atoms with Crippen LogP contribution in [0, 0.1) is 12.8 Å². The Morgan fingerprint density at radius 2 is 2.25 bits per heavy atom. The standard InChI is InChI=1S/C11H17BrN2OS/c1-8(4-6-16)3-5-14-7-13-9(2)10(12)11(14)15/h7-8,16H,3-6H2,1-2H3. The number of aryl methyl sites for hydroxylation is 2. The minimum Gasteiger partial charge on any atom is -0.298 e. The fourth-order valence-corrected chi connectivity index (χ4v) is 2.20. The van der Waals surface area contributed by atoms with Crippen molar-refractivity contribution in [2.24, 2.45) is 5.92 Å². The third-order valence-corrected chi connectivity index (χ3v) is 3.81. The molecular weight excluding hydrogens is 288 g/mol. The maximum absolute atomic E-state index is 11.8. The van der Waals surface area contributed by atoms with Gasteiger partial charge >= 0.3 is 0 Å². The van der Waals surface area contributed by atoms with Crippen molar-refractivity contribution in [3.8, 4) is 0 Å². The van der Waals surface area contributed by atoms with Crippen LogP contribution in [0.25, 0.3) is 0 Å². The number of hydrogen-bond donors (Lipinski definition) is 1. The fraction of sp³-hybridized carbons (Fsp3) is 0.636. The van der Waals surface area contributed by atoms with E-state index in [-0.39, 0.29) is 5.56 Å². The second-order valence-electron chi connectivity index (χ2n) is 4.05. The third kappa shape index (κ3) is 3.63. The molecule has 1 rings (SSSR count). The predicted molar refractivity (Wildman–Crippen MR) is 73.2 cm³/mol. The van der Waals surface area contributed by atoms with Crippen molar-refractivity contribution < 1.29 is 0 Å². The lowest BCUT2D eigenvalue weighted by Gasteiger charge is -2.11. The van der Waals surface area contributed by atoms with Crippen molar-refractivity contribution in [2.75, 3.05) is 5.75 Å². The molecule has 90 valence electrons. The van der Waals surface area contributed by atoms with E-state index in [0.717, 1.165) is 30.8 Å². The first kappa shape index (κ1) is 13.8. The first-order valence-electron chi connectivity index (χ1n) is 5.38. The predicted octanol–water partition coefficient (Wildman–Crippen LogP) is 2.66. The van der Waals surface area contributed by atoms with Crippen molar-refractivity contribution in [1.29, 1.82) is 0 Å². The average molecular weight is 305 g/mol. The summed E-state index contributed by atoms with van der Waals surface area (Å²) >= 11 is 7.46. The topological polar surface area (TPSA) is 34.9 Å². The summed E-state index contributed by atoms with van der Waals surface area (Å²) in [5.41, 5.74) is 0.746. The third-order valence-electron chi connectivity index (χ3n) is 2.64. The minimum atomic E-state index is 0.00516. The summed E-state index contributed by atoms with van der Waals surface area (Å²) in [6, 6.07) is 0. The van der Waals surface area contributed by atoms with Crippen molar-refractivity contribution in [3.05, 3.63) is 26.8 Å². The van der Waals surface area contributed by atoms with Crippen LogP contribution in [-0.2, 0) is 6.54 Å². The molecule has 0 saturated heterocycles. The van der Waals surface area contributed by atoms with E-state index in [1.54, 1.807) is 10.9 Å². The molecule has 0 amide bonds. The van der Waals surface area contributed by atoms with Crippen LogP contribution in [-0.4, -0.2) is 15.3 Å². The highest BCUT2D eigenvalue weighted by molar-refractivity contribution is 9.10. The molecule has 3 nitrogen and oxygen atoms in total. The highest BCUT2D eigenvalue weighted by Gasteiger charge is 2.07. The van der Waals surface area contributed by atoms with E-state index in [1.807, 2.05) is 6.92 Å². The lowest BCUT2D eigenvalue weighted by atomic mass is 10.1. The Kier molecular flexibility index (Phi) is 5.55. The Hall–Kier alpha value is -0.290. The second-order valence-corrected chi connectivity index (χ2v) is 5.29. The average Bonchev–Trinajstić information content (AvgIpc) is 2.25. The molecular formula is C11H17BrN2OS. The maximum atomic E-state index is 11.8. The monoisotopic (exact) mass is 304 g/mol. The van der Waals surface area contributed by atoms with Gasteiger partial charge in [-0.1, -0.05) is 6.92 Å². The molecule has 1 aromatic rings. The van der Waals surface area contributed by atoms with Crippen LogP contribution in [0.2, 0.25) is 0 Å². The number of rotatable bonds is 5. The van der Waals surface area contributed by atoms with Crippen molar-refractivity contribution in [2.45, 2.75) is 33.2 Å². The van der Waals surface area contributed by atoms with Gasteiger partial charge in [-0.2, -0.15) is 12.6 Å². The lowest BCUT2D eigenvalue weighted by molar-refractivity contribution is 0.462. The minimum absolute atomic E-state index is 0.00516. The molecule has 0 radical (unpaired) electrons. The zero-order valence-corrected chi connectivity index (χ0v) is 12.1. The molecule has 0 aliphatic rings. The molecule has 5 heteroatoms. The molecule has 0 fully saturated rings. The number of hydrogen-bond acceptors (Lipinski definition) is 3. The number of halogens is 1. The van der Waals surface area contributed by atoms with E-state index < -0.39 is 0 Å². The van der Waals surface area contributed by atoms with Crippen LogP contribution in [0.1, 0.15) is 25.5 Å². The molecule has 0 spiro atoms. The molecule has 0 saturated carbocycles. The molecule has 1 atom stereocenters. The summed E-state index contributed by atoms with van der Waals surface area (Å²) in [5, 5.41) is 0. The molecule has 1 aromatic heterocycles. The molecule has 0 bridgehead atoms. The van der Waals surface area contributed by atoms with Gasteiger partial charge in [-0.05, 0) is 47.4 Å². The van der Waals surface area contributed by atoms with Gasteiger partial charge in [-0.25, -0.2) is 4.98 Å². The number of aromatic nitrogens is 2. The van der Waals surface area contributed by atoms with Crippen LogP contribution in [0.5, 0.6) is 0 Å². The summed E-state index contributed by atoms with van der Waals surface area (Å²) in [6.45, 7) is 4.72. The van der Waals surface area contributed by atoms with Gasteiger partial charge in [0.1, 0.15) is 4.47 Å². The largest absolute Gasteiger partial charge is 0.298 e. The number of nitrogens with zero attached hydrogens (tertiary/aromatic N) is 2. The highest BCUT2D eigenvalue weighted by Crippen LogP contribution is 2.10. The molecule has 16 heavy (non-hydrogen) atoms.